The maximum atomic E-state index is 4.38. The largest absolute Gasteiger partial charge is 0.323 e. The van der Waals surface area contributed by atoms with Crippen LogP contribution in [0.3, 0.4) is 0 Å². The van der Waals surface area contributed by atoms with Crippen molar-refractivity contribution in [2.24, 2.45) is 0 Å². The van der Waals surface area contributed by atoms with E-state index in [1.807, 2.05) is 30.5 Å². The number of hydrogen-bond donors (Lipinski definition) is 2. The number of rotatable bonds is 4. The maximum Gasteiger partial charge on any atom is 0.153 e. The van der Waals surface area contributed by atoms with Crippen molar-refractivity contribution in [3.05, 3.63) is 54.6 Å². The highest BCUT2D eigenvalue weighted by molar-refractivity contribution is 5.67. The first-order valence-electron chi connectivity index (χ1n) is 8.07. The maximum absolute atomic E-state index is 4.38. The van der Waals surface area contributed by atoms with E-state index in [0.717, 1.165) is 22.8 Å². The van der Waals surface area contributed by atoms with Crippen LogP contribution in [0.15, 0.2) is 48.9 Å². The lowest BCUT2D eigenvalue weighted by atomic mass is 10.0. The number of anilines is 2. The summed E-state index contributed by atoms with van der Waals surface area (Å²) < 4.78 is 0. The minimum absolute atomic E-state index is 0.632. The summed E-state index contributed by atoms with van der Waals surface area (Å²) >= 11 is 0. The van der Waals surface area contributed by atoms with Crippen molar-refractivity contribution < 1.29 is 0 Å². The molecule has 0 aromatic carbocycles. The number of nitrogens with one attached hydrogen (secondary N) is 2. The van der Waals surface area contributed by atoms with Crippen LogP contribution in [0.4, 0.5) is 11.6 Å². The molecule has 0 bridgehead atoms. The van der Waals surface area contributed by atoms with E-state index >= 15 is 0 Å². The zero-order chi connectivity index (χ0) is 15.5. The first kappa shape index (κ1) is 13.9. The number of nitrogens with zero attached hydrogens (tertiary/aromatic N) is 3. The lowest BCUT2D eigenvalue weighted by molar-refractivity contribution is 0.693. The minimum Gasteiger partial charge on any atom is -0.323 e. The molecular weight excluding hydrogens is 286 g/mol. The van der Waals surface area contributed by atoms with Gasteiger partial charge in [0.15, 0.2) is 5.82 Å². The highest BCUT2D eigenvalue weighted by Gasteiger charge is 2.19. The first-order chi connectivity index (χ1) is 11.4. The Hall–Kier alpha value is -2.69. The summed E-state index contributed by atoms with van der Waals surface area (Å²) in [4.78, 5) is 8.55. The third-order valence-corrected chi connectivity index (χ3v) is 4.40. The molecule has 2 N–H and O–H groups in total. The van der Waals surface area contributed by atoms with E-state index in [1.165, 1.54) is 31.4 Å². The molecule has 5 nitrogen and oxygen atoms in total. The van der Waals surface area contributed by atoms with Crippen LogP contribution in [0.25, 0.3) is 11.1 Å². The highest BCUT2D eigenvalue weighted by Crippen LogP contribution is 2.34. The second-order valence-corrected chi connectivity index (χ2v) is 5.99. The zero-order valence-corrected chi connectivity index (χ0v) is 12.9. The van der Waals surface area contributed by atoms with Crippen molar-refractivity contribution in [1.82, 2.24) is 20.2 Å². The molecule has 0 spiro atoms. The lowest BCUT2D eigenvalue weighted by Crippen LogP contribution is -1.94. The molecule has 4 rings (SSSR count). The molecule has 116 valence electrons. The van der Waals surface area contributed by atoms with Crippen LogP contribution < -0.4 is 5.32 Å². The van der Waals surface area contributed by atoms with Crippen molar-refractivity contribution in [2.45, 2.75) is 31.6 Å². The van der Waals surface area contributed by atoms with Gasteiger partial charge in [-0.1, -0.05) is 18.9 Å². The summed E-state index contributed by atoms with van der Waals surface area (Å²) in [5.74, 6) is 2.24. The van der Waals surface area contributed by atoms with E-state index < -0.39 is 0 Å². The fourth-order valence-electron chi connectivity index (χ4n) is 3.19. The lowest BCUT2D eigenvalue weighted by Gasteiger charge is -2.05. The van der Waals surface area contributed by atoms with Crippen LogP contribution in [0.1, 0.15) is 37.3 Å². The van der Waals surface area contributed by atoms with E-state index in [0.29, 0.717) is 5.92 Å². The van der Waals surface area contributed by atoms with Gasteiger partial charge < -0.3 is 5.32 Å². The summed E-state index contributed by atoms with van der Waals surface area (Å²) in [5.41, 5.74) is 3.39. The number of pyridine rings is 2. The molecule has 23 heavy (non-hydrogen) atoms. The summed E-state index contributed by atoms with van der Waals surface area (Å²) in [5, 5.41) is 10.8. The van der Waals surface area contributed by atoms with Crippen molar-refractivity contribution in [2.75, 3.05) is 5.32 Å². The number of H-pyrrole nitrogens is 1. The van der Waals surface area contributed by atoms with Gasteiger partial charge in [-0.15, -0.1) is 0 Å². The third-order valence-electron chi connectivity index (χ3n) is 4.40. The van der Waals surface area contributed by atoms with E-state index in [4.69, 9.17) is 0 Å². The Kier molecular flexibility index (Phi) is 3.76. The average molecular weight is 305 g/mol. The van der Waals surface area contributed by atoms with Crippen molar-refractivity contribution in [3.63, 3.8) is 0 Å². The van der Waals surface area contributed by atoms with Gasteiger partial charge in [0.25, 0.3) is 0 Å². The molecular formula is C18H19N5. The molecule has 0 atom stereocenters. The Bertz CT molecular complexity index is 775. The van der Waals surface area contributed by atoms with Crippen LogP contribution in [-0.2, 0) is 0 Å². The normalized spacial score (nSPS) is 15.0. The Labute approximate surface area is 135 Å². The van der Waals surface area contributed by atoms with Gasteiger partial charge in [0.05, 0.1) is 0 Å². The Balaban J connectivity index is 1.53. The van der Waals surface area contributed by atoms with Crippen molar-refractivity contribution >= 4 is 11.6 Å². The predicted octanol–water partition coefficient (Wildman–Crippen LogP) is 4.27. The van der Waals surface area contributed by atoms with E-state index in [1.54, 1.807) is 12.4 Å². The molecule has 1 fully saturated rings. The molecule has 1 aliphatic carbocycles. The van der Waals surface area contributed by atoms with Crippen LogP contribution in [-0.4, -0.2) is 20.2 Å². The second kappa shape index (κ2) is 6.20. The monoisotopic (exact) mass is 305 g/mol. The molecule has 3 heterocycles. The molecule has 1 saturated carbocycles. The Morgan fingerprint density at radius 3 is 2.74 bits per heavy atom. The molecule has 0 radical (unpaired) electrons. The molecule has 0 unspecified atom stereocenters. The molecule has 0 amide bonds. The summed E-state index contributed by atoms with van der Waals surface area (Å²) in [6, 6.07) is 10.1. The zero-order valence-electron chi connectivity index (χ0n) is 12.9. The van der Waals surface area contributed by atoms with Gasteiger partial charge in [-0.05, 0) is 36.6 Å². The van der Waals surface area contributed by atoms with Gasteiger partial charge in [0.1, 0.15) is 5.82 Å². The van der Waals surface area contributed by atoms with Gasteiger partial charge in [-0.3, -0.25) is 10.1 Å². The number of aromatic amines is 1. The van der Waals surface area contributed by atoms with E-state index in [9.17, 15) is 0 Å². The summed E-state index contributed by atoms with van der Waals surface area (Å²) in [6.45, 7) is 0. The number of aromatic nitrogens is 4. The molecule has 1 aliphatic rings. The number of hydrogen-bond acceptors (Lipinski definition) is 4. The fourth-order valence-corrected chi connectivity index (χ4v) is 3.19. The van der Waals surface area contributed by atoms with Crippen molar-refractivity contribution in [3.8, 4) is 11.1 Å². The molecule has 3 aromatic heterocycles. The Morgan fingerprint density at radius 2 is 1.91 bits per heavy atom. The standard InChI is InChI=1S/C18H19N5/c1-2-5-13(4-1)16-11-18(23-22-16)21-17-10-14(7-9-20-17)15-6-3-8-19-12-15/h3,6-13H,1-2,4-5H2,(H2,20,21,22,23). The molecule has 0 aliphatic heterocycles. The van der Waals surface area contributed by atoms with E-state index in [2.05, 4.69) is 31.5 Å². The van der Waals surface area contributed by atoms with Gasteiger partial charge in [-0.25, -0.2) is 4.98 Å². The molecule has 5 heteroatoms. The summed E-state index contributed by atoms with van der Waals surface area (Å²) in [7, 11) is 0. The average Bonchev–Trinajstić information content (AvgIpc) is 3.27. The van der Waals surface area contributed by atoms with Gasteiger partial charge in [0.2, 0.25) is 0 Å². The fraction of sp³-hybridized carbons (Fsp3) is 0.278. The van der Waals surface area contributed by atoms with Gasteiger partial charge >= 0.3 is 0 Å². The minimum atomic E-state index is 0.632. The molecule has 0 saturated heterocycles. The highest BCUT2D eigenvalue weighted by atomic mass is 15.2. The van der Waals surface area contributed by atoms with Crippen LogP contribution >= 0.6 is 0 Å². The van der Waals surface area contributed by atoms with Gasteiger partial charge in [-0.2, -0.15) is 5.10 Å². The topological polar surface area (TPSA) is 66.5 Å². The van der Waals surface area contributed by atoms with Crippen LogP contribution in [0, 0.1) is 0 Å². The van der Waals surface area contributed by atoms with E-state index in [-0.39, 0.29) is 0 Å². The quantitative estimate of drug-likeness (QED) is 0.755. The third kappa shape index (κ3) is 3.08. The predicted molar refractivity (Wildman–Crippen MR) is 90.5 cm³/mol. The SMILES string of the molecule is c1cncc(-c2ccnc(Nc3cc(C4CCCC4)[nH]n3)c2)c1. The van der Waals surface area contributed by atoms with Crippen LogP contribution in [0.2, 0.25) is 0 Å². The molecule has 3 aromatic rings. The smallest absolute Gasteiger partial charge is 0.153 e. The Morgan fingerprint density at radius 1 is 1.00 bits per heavy atom. The van der Waals surface area contributed by atoms with Crippen molar-refractivity contribution in [1.29, 1.82) is 0 Å². The van der Waals surface area contributed by atoms with Gasteiger partial charge in [0, 0.05) is 41.8 Å². The summed E-state index contributed by atoms with van der Waals surface area (Å²) in [6.07, 6.45) is 10.6. The second-order valence-electron chi connectivity index (χ2n) is 5.99. The first-order valence-corrected chi connectivity index (χ1v) is 8.07. The van der Waals surface area contributed by atoms with Crippen LogP contribution in [0.5, 0.6) is 0 Å².